The number of carboxylic acid groups (broad SMARTS) is 1. The predicted molar refractivity (Wildman–Crippen MR) is 120 cm³/mol. The molecule has 0 aliphatic heterocycles. The lowest BCUT2D eigenvalue weighted by Gasteiger charge is -2.38. The molecule has 4 aromatic rings. The molecule has 0 atom stereocenters. The van der Waals surface area contributed by atoms with Crippen LogP contribution in [-0.4, -0.2) is 20.5 Å². The Bertz CT molecular complexity index is 1260. The number of pyridine rings is 1. The number of aromatic carboxylic acids is 1. The summed E-state index contributed by atoms with van der Waals surface area (Å²) in [5, 5.41) is 9.52. The first-order valence-corrected chi connectivity index (χ1v) is 10.7. The van der Waals surface area contributed by atoms with E-state index in [0.29, 0.717) is 10.1 Å². The minimum Gasteiger partial charge on any atom is -0.478 e. The molecule has 2 aromatic heterocycles. The highest BCUT2D eigenvalue weighted by molar-refractivity contribution is 9.10. The van der Waals surface area contributed by atoms with Crippen molar-refractivity contribution in [3.63, 3.8) is 0 Å². The normalized spacial score (nSPS) is 15.1. The molecular formula is C24H20BrN3O2. The van der Waals surface area contributed by atoms with E-state index in [4.69, 9.17) is 10.7 Å². The van der Waals surface area contributed by atoms with Crippen LogP contribution in [0.25, 0.3) is 28.2 Å². The van der Waals surface area contributed by atoms with E-state index >= 15 is 0 Å². The maximum absolute atomic E-state index is 11.6. The monoisotopic (exact) mass is 461 g/mol. The van der Waals surface area contributed by atoms with Gasteiger partial charge < -0.3 is 10.8 Å². The van der Waals surface area contributed by atoms with Gasteiger partial charge in [0.25, 0.3) is 0 Å². The molecule has 3 N–H and O–H groups in total. The van der Waals surface area contributed by atoms with Gasteiger partial charge in [0.2, 0.25) is 0 Å². The van der Waals surface area contributed by atoms with Gasteiger partial charge in [0, 0.05) is 22.9 Å². The van der Waals surface area contributed by atoms with E-state index in [1.54, 1.807) is 12.3 Å². The lowest BCUT2D eigenvalue weighted by Crippen LogP contribution is -2.43. The number of nitrogens with two attached hydrogens (primary N) is 1. The number of hydrogen-bond acceptors (Lipinski definition) is 3. The molecule has 0 unspecified atom stereocenters. The highest BCUT2D eigenvalue weighted by Gasteiger charge is 2.34. The average Bonchev–Trinajstić information content (AvgIpc) is 3.13. The van der Waals surface area contributed by atoms with E-state index in [9.17, 15) is 9.90 Å². The van der Waals surface area contributed by atoms with Gasteiger partial charge in [-0.1, -0.05) is 54.6 Å². The van der Waals surface area contributed by atoms with Crippen molar-refractivity contribution in [3.05, 3.63) is 82.5 Å². The molecule has 0 amide bonds. The molecule has 0 radical (unpaired) electrons. The fraction of sp³-hybridized carbons (Fsp3) is 0.167. The molecule has 1 saturated carbocycles. The number of hydrogen-bond donors (Lipinski definition) is 2. The molecule has 6 heteroatoms. The number of imidazole rings is 1. The van der Waals surface area contributed by atoms with Crippen LogP contribution in [0.4, 0.5) is 0 Å². The zero-order chi connectivity index (χ0) is 20.9. The zero-order valence-electron chi connectivity index (χ0n) is 16.2. The Morgan fingerprint density at radius 2 is 1.77 bits per heavy atom. The zero-order valence-corrected chi connectivity index (χ0v) is 17.8. The van der Waals surface area contributed by atoms with Crippen LogP contribution in [0.1, 0.15) is 35.2 Å². The summed E-state index contributed by atoms with van der Waals surface area (Å²) < 4.78 is 2.49. The molecule has 1 aliphatic rings. The van der Waals surface area contributed by atoms with Crippen LogP contribution in [0.5, 0.6) is 0 Å². The maximum atomic E-state index is 11.6. The first-order valence-electron chi connectivity index (χ1n) is 9.86. The Balaban J connectivity index is 1.73. The third kappa shape index (κ3) is 3.04. The number of carboxylic acids is 1. The quantitative estimate of drug-likeness (QED) is 0.422. The molecule has 30 heavy (non-hydrogen) atoms. The predicted octanol–water partition coefficient (Wildman–Crippen LogP) is 5.47. The molecule has 2 heterocycles. The van der Waals surface area contributed by atoms with Crippen molar-refractivity contribution in [2.45, 2.75) is 24.8 Å². The number of aromatic nitrogens is 2. The fourth-order valence-corrected chi connectivity index (χ4v) is 4.63. The van der Waals surface area contributed by atoms with Crippen LogP contribution in [0.3, 0.4) is 0 Å². The summed E-state index contributed by atoms with van der Waals surface area (Å²) >= 11 is 3.50. The summed E-state index contributed by atoms with van der Waals surface area (Å²) in [5.74, 6) is -0.982. The van der Waals surface area contributed by atoms with E-state index in [0.717, 1.165) is 40.9 Å². The first kappa shape index (κ1) is 19.0. The number of halogens is 1. The van der Waals surface area contributed by atoms with Gasteiger partial charge in [-0.25, -0.2) is 9.78 Å². The van der Waals surface area contributed by atoms with Crippen LogP contribution in [0.2, 0.25) is 0 Å². The van der Waals surface area contributed by atoms with Crippen LogP contribution in [0.15, 0.2) is 71.3 Å². The summed E-state index contributed by atoms with van der Waals surface area (Å²) in [6.07, 6.45) is 4.82. The summed E-state index contributed by atoms with van der Waals surface area (Å²) in [6.45, 7) is 0. The van der Waals surface area contributed by atoms with E-state index < -0.39 is 5.97 Å². The Hall–Kier alpha value is -2.96. The Labute approximate surface area is 182 Å². The second-order valence-corrected chi connectivity index (χ2v) is 8.69. The van der Waals surface area contributed by atoms with Crippen molar-refractivity contribution in [2.75, 3.05) is 0 Å². The molecule has 150 valence electrons. The third-order valence-corrected chi connectivity index (χ3v) is 6.53. The summed E-state index contributed by atoms with van der Waals surface area (Å²) in [4.78, 5) is 16.5. The number of carbonyl (C=O) groups is 1. The van der Waals surface area contributed by atoms with Crippen molar-refractivity contribution in [1.29, 1.82) is 0 Å². The highest BCUT2D eigenvalue weighted by Crippen LogP contribution is 2.40. The van der Waals surface area contributed by atoms with Crippen LogP contribution >= 0.6 is 15.9 Å². The lowest BCUT2D eigenvalue weighted by atomic mass is 9.72. The largest absolute Gasteiger partial charge is 0.478 e. The van der Waals surface area contributed by atoms with Crippen LogP contribution in [-0.2, 0) is 5.54 Å². The molecule has 2 aromatic carbocycles. The van der Waals surface area contributed by atoms with E-state index in [-0.39, 0.29) is 11.1 Å². The smallest absolute Gasteiger partial charge is 0.337 e. The molecule has 5 nitrogen and oxygen atoms in total. The minimum atomic E-state index is -0.982. The van der Waals surface area contributed by atoms with E-state index in [1.165, 1.54) is 6.42 Å². The molecule has 1 aliphatic carbocycles. The number of benzene rings is 2. The molecule has 0 bridgehead atoms. The van der Waals surface area contributed by atoms with Gasteiger partial charge in [0.1, 0.15) is 0 Å². The standard InChI is InChI=1S/C24H20BrN3O2/c25-19-13-17(23(29)30)14-28-21(16-5-2-1-3-6-16)20(27-22(19)28)15-7-9-18(10-8-15)24(26)11-4-12-24/h1-3,5-10,13-14H,4,11-12,26H2,(H,29,30). The van der Waals surface area contributed by atoms with Crippen molar-refractivity contribution in [1.82, 2.24) is 9.38 Å². The highest BCUT2D eigenvalue weighted by atomic mass is 79.9. The summed E-state index contributed by atoms with van der Waals surface area (Å²) in [6, 6.07) is 19.8. The van der Waals surface area contributed by atoms with Gasteiger partial charge in [-0.05, 0) is 46.8 Å². The number of rotatable bonds is 4. The van der Waals surface area contributed by atoms with E-state index in [1.807, 2.05) is 34.7 Å². The van der Waals surface area contributed by atoms with Crippen LogP contribution < -0.4 is 5.73 Å². The molecule has 0 saturated heterocycles. The Morgan fingerprint density at radius 3 is 2.37 bits per heavy atom. The lowest BCUT2D eigenvalue weighted by molar-refractivity contribution is 0.0696. The Morgan fingerprint density at radius 1 is 1.07 bits per heavy atom. The van der Waals surface area contributed by atoms with Crippen molar-refractivity contribution >= 4 is 27.5 Å². The second-order valence-electron chi connectivity index (χ2n) is 7.84. The SMILES string of the molecule is NC1(c2ccc(-c3nc4c(Br)cc(C(=O)O)cn4c3-c3ccccc3)cc2)CCC1. The van der Waals surface area contributed by atoms with Gasteiger partial charge in [0.05, 0.1) is 21.4 Å². The third-order valence-electron chi connectivity index (χ3n) is 5.95. The minimum absolute atomic E-state index is 0.195. The van der Waals surface area contributed by atoms with Gasteiger partial charge in [-0.15, -0.1) is 0 Å². The number of nitrogens with zero attached hydrogens (tertiary/aromatic N) is 2. The van der Waals surface area contributed by atoms with Crippen molar-refractivity contribution < 1.29 is 9.90 Å². The maximum Gasteiger partial charge on any atom is 0.337 e. The Kier molecular flexibility index (Phi) is 4.49. The van der Waals surface area contributed by atoms with Crippen molar-refractivity contribution in [2.24, 2.45) is 5.73 Å². The molecule has 5 rings (SSSR count). The molecular weight excluding hydrogens is 442 g/mol. The second kappa shape index (κ2) is 7.07. The van der Waals surface area contributed by atoms with Crippen LogP contribution in [0, 0.1) is 0 Å². The fourth-order valence-electron chi connectivity index (χ4n) is 4.10. The first-order chi connectivity index (χ1) is 14.5. The summed E-state index contributed by atoms with van der Waals surface area (Å²) in [7, 11) is 0. The molecule has 0 spiro atoms. The molecule has 1 fully saturated rings. The van der Waals surface area contributed by atoms with E-state index in [2.05, 4.69) is 40.2 Å². The number of fused-ring (bicyclic) bond motifs is 1. The van der Waals surface area contributed by atoms with Gasteiger partial charge in [-0.2, -0.15) is 0 Å². The van der Waals surface area contributed by atoms with Gasteiger partial charge in [0.15, 0.2) is 5.65 Å². The van der Waals surface area contributed by atoms with Gasteiger partial charge >= 0.3 is 5.97 Å². The summed E-state index contributed by atoms with van der Waals surface area (Å²) in [5.41, 5.74) is 11.9. The average molecular weight is 462 g/mol. The topological polar surface area (TPSA) is 80.6 Å². The van der Waals surface area contributed by atoms with Gasteiger partial charge in [-0.3, -0.25) is 4.40 Å². The van der Waals surface area contributed by atoms with Crippen molar-refractivity contribution in [3.8, 4) is 22.5 Å².